The fourth-order valence-electron chi connectivity index (χ4n) is 2.63. The molecule has 0 fully saturated rings. The molecule has 0 bridgehead atoms. The van der Waals surface area contributed by atoms with Gasteiger partial charge < -0.3 is 14.9 Å². The van der Waals surface area contributed by atoms with Crippen LogP contribution in [0.3, 0.4) is 0 Å². The van der Waals surface area contributed by atoms with Gasteiger partial charge in [-0.2, -0.15) is 0 Å². The van der Waals surface area contributed by atoms with Crippen molar-refractivity contribution in [1.82, 2.24) is 0 Å². The molecule has 3 heteroatoms. The van der Waals surface area contributed by atoms with Crippen LogP contribution < -0.4 is 4.74 Å². The van der Waals surface area contributed by atoms with Gasteiger partial charge in [-0.15, -0.1) is 0 Å². The van der Waals surface area contributed by atoms with Crippen molar-refractivity contribution in [3.63, 3.8) is 0 Å². The maximum atomic E-state index is 9.41. The van der Waals surface area contributed by atoms with Crippen molar-refractivity contribution in [2.75, 3.05) is 6.61 Å². The van der Waals surface area contributed by atoms with Gasteiger partial charge in [0.15, 0.2) is 0 Å². The van der Waals surface area contributed by atoms with Gasteiger partial charge in [-0.05, 0) is 42.5 Å². The van der Waals surface area contributed by atoms with E-state index in [4.69, 9.17) is 4.74 Å². The molecule has 1 heterocycles. The van der Waals surface area contributed by atoms with Crippen LogP contribution in [0.15, 0.2) is 42.2 Å². The number of phenolic OH excluding ortho intramolecular Hbond substituents is 1. The zero-order valence-corrected chi connectivity index (χ0v) is 10.0. The Balaban J connectivity index is 1.75. The first kappa shape index (κ1) is 11.2. The van der Waals surface area contributed by atoms with Crippen molar-refractivity contribution in [3.05, 3.63) is 47.7 Å². The Morgan fingerprint density at radius 3 is 2.89 bits per heavy atom. The summed E-state index contributed by atoms with van der Waals surface area (Å²) >= 11 is 0. The first-order valence-corrected chi connectivity index (χ1v) is 6.24. The SMILES string of the molecule is OC1=CCC([C@H]2COc3cc(O)ccc3C2)C=C1. The highest BCUT2D eigenvalue weighted by molar-refractivity contribution is 5.41. The number of hydrogen-bond acceptors (Lipinski definition) is 3. The van der Waals surface area contributed by atoms with E-state index in [1.54, 1.807) is 18.2 Å². The van der Waals surface area contributed by atoms with Crippen molar-refractivity contribution in [2.24, 2.45) is 11.8 Å². The zero-order valence-electron chi connectivity index (χ0n) is 10.0. The lowest BCUT2D eigenvalue weighted by Gasteiger charge is -2.30. The molecule has 3 nitrogen and oxygen atoms in total. The molecular weight excluding hydrogens is 228 g/mol. The van der Waals surface area contributed by atoms with Gasteiger partial charge in [0.2, 0.25) is 0 Å². The Labute approximate surface area is 106 Å². The Hall–Kier alpha value is -1.90. The number of rotatable bonds is 1. The van der Waals surface area contributed by atoms with Crippen LogP contribution in [0.2, 0.25) is 0 Å². The van der Waals surface area contributed by atoms with Crippen molar-refractivity contribution < 1.29 is 14.9 Å². The highest BCUT2D eigenvalue weighted by Gasteiger charge is 2.26. The van der Waals surface area contributed by atoms with Gasteiger partial charge in [0, 0.05) is 12.0 Å². The van der Waals surface area contributed by atoms with E-state index in [1.165, 1.54) is 0 Å². The third-order valence-corrected chi connectivity index (χ3v) is 3.70. The minimum absolute atomic E-state index is 0.248. The number of aliphatic hydroxyl groups is 1. The van der Waals surface area contributed by atoms with Gasteiger partial charge in [0.05, 0.1) is 6.61 Å². The summed E-state index contributed by atoms with van der Waals surface area (Å²) < 4.78 is 5.72. The number of aromatic hydroxyl groups is 1. The summed E-state index contributed by atoms with van der Waals surface area (Å²) in [6.07, 6.45) is 7.51. The van der Waals surface area contributed by atoms with Crippen molar-refractivity contribution >= 4 is 0 Å². The maximum Gasteiger partial charge on any atom is 0.126 e. The van der Waals surface area contributed by atoms with E-state index < -0.39 is 0 Å². The monoisotopic (exact) mass is 244 g/mol. The Morgan fingerprint density at radius 2 is 2.11 bits per heavy atom. The van der Waals surface area contributed by atoms with E-state index in [-0.39, 0.29) is 5.75 Å². The zero-order chi connectivity index (χ0) is 12.5. The van der Waals surface area contributed by atoms with E-state index in [9.17, 15) is 10.2 Å². The molecule has 1 aliphatic carbocycles. The lowest BCUT2D eigenvalue weighted by Crippen LogP contribution is -2.27. The average molecular weight is 244 g/mol. The molecule has 1 aromatic carbocycles. The summed E-state index contributed by atoms with van der Waals surface area (Å²) in [5.74, 6) is 2.25. The molecule has 0 spiro atoms. The summed E-state index contributed by atoms with van der Waals surface area (Å²) in [5, 5.41) is 18.7. The van der Waals surface area contributed by atoms with Crippen molar-refractivity contribution in [2.45, 2.75) is 12.8 Å². The minimum Gasteiger partial charge on any atom is -0.508 e. The molecule has 0 aromatic heterocycles. The number of aliphatic hydroxyl groups excluding tert-OH is 1. The molecular formula is C15H16O3. The molecule has 0 saturated carbocycles. The molecule has 0 amide bonds. The van der Waals surface area contributed by atoms with E-state index in [0.717, 1.165) is 24.2 Å². The summed E-state index contributed by atoms with van der Waals surface area (Å²) in [6.45, 7) is 0.667. The van der Waals surface area contributed by atoms with Crippen LogP contribution in [0.5, 0.6) is 11.5 Å². The third-order valence-electron chi connectivity index (χ3n) is 3.70. The number of fused-ring (bicyclic) bond motifs is 1. The number of allylic oxidation sites excluding steroid dienone is 3. The van der Waals surface area contributed by atoms with Crippen LogP contribution in [-0.4, -0.2) is 16.8 Å². The van der Waals surface area contributed by atoms with Crippen LogP contribution in [0, 0.1) is 11.8 Å². The Morgan fingerprint density at radius 1 is 1.22 bits per heavy atom. The van der Waals surface area contributed by atoms with Crippen LogP contribution in [0.4, 0.5) is 0 Å². The topological polar surface area (TPSA) is 49.7 Å². The number of benzene rings is 1. The number of ether oxygens (including phenoxy) is 1. The van der Waals surface area contributed by atoms with Crippen LogP contribution >= 0.6 is 0 Å². The third kappa shape index (κ3) is 2.08. The normalized spacial score (nSPS) is 26.1. The second-order valence-corrected chi connectivity index (χ2v) is 4.95. The molecule has 94 valence electrons. The van der Waals surface area contributed by atoms with E-state index in [2.05, 4.69) is 6.08 Å². The maximum absolute atomic E-state index is 9.41. The van der Waals surface area contributed by atoms with Gasteiger partial charge in [-0.25, -0.2) is 0 Å². The van der Waals surface area contributed by atoms with Crippen molar-refractivity contribution in [1.29, 1.82) is 0 Å². The second-order valence-electron chi connectivity index (χ2n) is 4.95. The van der Waals surface area contributed by atoms with E-state index >= 15 is 0 Å². The Bertz CT molecular complexity index is 516. The fourth-order valence-corrected chi connectivity index (χ4v) is 2.63. The molecule has 0 radical (unpaired) electrons. The fraction of sp³-hybridized carbons (Fsp3) is 0.333. The molecule has 0 saturated heterocycles. The first-order valence-electron chi connectivity index (χ1n) is 6.24. The minimum atomic E-state index is 0.248. The Kier molecular flexibility index (Phi) is 2.74. The summed E-state index contributed by atoms with van der Waals surface area (Å²) in [6, 6.07) is 5.30. The lowest BCUT2D eigenvalue weighted by molar-refractivity contribution is 0.187. The summed E-state index contributed by atoms with van der Waals surface area (Å²) in [5.41, 5.74) is 1.15. The quantitative estimate of drug-likeness (QED) is 0.798. The van der Waals surface area contributed by atoms with Gasteiger partial charge in [-0.1, -0.05) is 12.1 Å². The molecule has 1 aliphatic heterocycles. The highest BCUT2D eigenvalue weighted by atomic mass is 16.5. The molecule has 2 atom stereocenters. The molecule has 1 unspecified atom stereocenters. The largest absolute Gasteiger partial charge is 0.508 e. The van der Waals surface area contributed by atoms with Gasteiger partial charge in [-0.3, -0.25) is 0 Å². The van der Waals surface area contributed by atoms with Gasteiger partial charge in [0.1, 0.15) is 17.3 Å². The predicted octanol–water partition coefficient (Wildman–Crippen LogP) is 2.96. The predicted molar refractivity (Wildman–Crippen MR) is 68.8 cm³/mol. The first-order chi connectivity index (χ1) is 8.72. The van der Waals surface area contributed by atoms with Crippen molar-refractivity contribution in [3.8, 4) is 11.5 Å². The number of hydrogen-bond donors (Lipinski definition) is 2. The van der Waals surface area contributed by atoms with Gasteiger partial charge in [0.25, 0.3) is 0 Å². The van der Waals surface area contributed by atoms with Crippen LogP contribution in [-0.2, 0) is 6.42 Å². The molecule has 3 rings (SSSR count). The smallest absolute Gasteiger partial charge is 0.126 e. The lowest BCUT2D eigenvalue weighted by atomic mass is 9.82. The average Bonchev–Trinajstić information content (AvgIpc) is 2.39. The van der Waals surface area contributed by atoms with E-state index in [1.807, 2.05) is 12.1 Å². The highest BCUT2D eigenvalue weighted by Crippen LogP contribution is 2.35. The van der Waals surface area contributed by atoms with E-state index in [0.29, 0.717) is 24.2 Å². The van der Waals surface area contributed by atoms with Gasteiger partial charge >= 0.3 is 0 Å². The van der Waals surface area contributed by atoms with Crippen LogP contribution in [0.25, 0.3) is 0 Å². The summed E-state index contributed by atoms with van der Waals surface area (Å²) in [7, 11) is 0. The summed E-state index contributed by atoms with van der Waals surface area (Å²) in [4.78, 5) is 0. The standard InChI is InChI=1S/C15H16O3/c16-13-4-1-10(2-5-13)12-7-11-3-6-14(17)8-15(11)18-9-12/h1,3-6,8,10,12,16-17H,2,7,9H2/t10?,12-/m1/s1. The van der Waals surface area contributed by atoms with Crippen LogP contribution in [0.1, 0.15) is 12.0 Å². The second kappa shape index (κ2) is 4.41. The number of phenols is 1. The molecule has 2 N–H and O–H groups in total. The molecule has 2 aliphatic rings. The molecule has 18 heavy (non-hydrogen) atoms. The molecule has 1 aromatic rings.